The number of carbonyl (C=O) groups excluding carboxylic acids is 1. The minimum Gasteiger partial charge on any atom is -0.497 e. The quantitative estimate of drug-likeness (QED) is 0.320. The number of hydrogen-bond donors (Lipinski definition) is 0. The second-order valence-electron chi connectivity index (χ2n) is 8.68. The third-order valence-electron chi connectivity index (χ3n) is 6.08. The molecule has 0 bridgehead atoms. The molecule has 2 aromatic carbocycles. The molecule has 0 aliphatic heterocycles. The van der Waals surface area contributed by atoms with E-state index in [1.54, 1.807) is 48.3 Å². The highest BCUT2D eigenvalue weighted by Gasteiger charge is 2.25. The number of benzene rings is 2. The Bertz CT molecular complexity index is 1440. The Labute approximate surface area is 216 Å². The summed E-state index contributed by atoms with van der Waals surface area (Å²) in [7, 11) is 3.18. The fraction of sp³-hybridized carbons (Fsp3) is 0.241. The third-order valence-corrected chi connectivity index (χ3v) is 6.08. The molecule has 0 aliphatic carbocycles. The number of nitrogens with zero attached hydrogens (tertiary/aromatic N) is 5. The molecule has 0 saturated carbocycles. The summed E-state index contributed by atoms with van der Waals surface area (Å²) < 4.78 is 12.6. The lowest BCUT2D eigenvalue weighted by Crippen LogP contribution is -2.33. The van der Waals surface area contributed by atoms with Gasteiger partial charge in [0.15, 0.2) is 0 Å². The lowest BCUT2D eigenvalue weighted by atomic mass is 10.1. The molecule has 2 heterocycles. The van der Waals surface area contributed by atoms with E-state index < -0.39 is 0 Å². The van der Waals surface area contributed by atoms with Crippen LogP contribution in [0.2, 0.25) is 0 Å². The average Bonchev–Trinajstić information content (AvgIpc) is 3.37. The van der Waals surface area contributed by atoms with Gasteiger partial charge in [0, 0.05) is 37.1 Å². The summed E-state index contributed by atoms with van der Waals surface area (Å²) in [5.74, 6) is 1.01. The van der Waals surface area contributed by atoms with Gasteiger partial charge in [-0.3, -0.25) is 9.78 Å². The number of pyridine rings is 1. The molecule has 0 unspecified atom stereocenters. The van der Waals surface area contributed by atoms with Gasteiger partial charge < -0.3 is 14.4 Å². The van der Waals surface area contributed by atoms with Crippen molar-refractivity contribution in [3.63, 3.8) is 0 Å². The number of hydrogen-bond acceptors (Lipinski definition) is 6. The summed E-state index contributed by atoms with van der Waals surface area (Å²) in [6.45, 7) is 4.60. The maximum atomic E-state index is 14.0. The van der Waals surface area contributed by atoms with Gasteiger partial charge in [0.25, 0.3) is 5.91 Å². The lowest BCUT2D eigenvalue weighted by Gasteiger charge is -2.22. The van der Waals surface area contributed by atoms with E-state index in [2.05, 4.69) is 11.1 Å². The lowest BCUT2D eigenvalue weighted by molar-refractivity contribution is 0.0737. The molecule has 0 aliphatic rings. The highest BCUT2D eigenvalue weighted by atomic mass is 16.5. The van der Waals surface area contributed by atoms with Crippen molar-refractivity contribution in [2.24, 2.45) is 0 Å². The van der Waals surface area contributed by atoms with Gasteiger partial charge >= 0.3 is 0 Å². The summed E-state index contributed by atoms with van der Waals surface area (Å²) in [4.78, 5) is 19.9. The molecule has 0 saturated heterocycles. The maximum Gasteiger partial charge on any atom is 0.272 e. The maximum absolute atomic E-state index is 14.0. The number of aromatic nitrogens is 3. The second kappa shape index (κ2) is 11.4. The summed E-state index contributed by atoms with van der Waals surface area (Å²) >= 11 is 0. The molecule has 4 rings (SSSR count). The summed E-state index contributed by atoms with van der Waals surface area (Å²) in [6, 6.07) is 19.2. The van der Waals surface area contributed by atoms with Crippen LogP contribution in [0.25, 0.3) is 16.9 Å². The van der Waals surface area contributed by atoms with Crippen molar-refractivity contribution in [2.75, 3.05) is 20.8 Å². The summed E-state index contributed by atoms with van der Waals surface area (Å²) in [6.07, 6.45) is 3.63. The first-order valence-corrected chi connectivity index (χ1v) is 11.9. The van der Waals surface area contributed by atoms with Crippen molar-refractivity contribution in [1.82, 2.24) is 19.7 Å². The second-order valence-corrected chi connectivity index (χ2v) is 8.68. The third kappa shape index (κ3) is 5.62. The summed E-state index contributed by atoms with van der Waals surface area (Å²) in [5, 5.41) is 14.1. The number of rotatable bonds is 9. The normalized spacial score (nSPS) is 10.6. The highest BCUT2D eigenvalue weighted by molar-refractivity contribution is 5.94. The van der Waals surface area contributed by atoms with Gasteiger partial charge in [-0.05, 0) is 60.9 Å². The topological polar surface area (TPSA) is 93.3 Å². The molecule has 4 aromatic rings. The zero-order chi connectivity index (χ0) is 26.4. The number of nitriles is 1. The fourth-order valence-electron chi connectivity index (χ4n) is 4.12. The van der Waals surface area contributed by atoms with E-state index in [9.17, 15) is 10.1 Å². The van der Waals surface area contributed by atoms with Crippen molar-refractivity contribution in [3.8, 4) is 34.5 Å². The Kier molecular flexibility index (Phi) is 7.84. The van der Waals surface area contributed by atoms with Crippen LogP contribution < -0.4 is 9.47 Å². The van der Waals surface area contributed by atoms with Gasteiger partial charge in [0.2, 0.25) is 0 Å². The van der Waals surface area contributed by atoms with Crippen LogP contribution >= 0.6 is 0 Å². The van der Waals surface area contributed by atoms with Crippen LogP contribution in [0.5, 0.6) is 11.5 Å². The van der Waals surface area contributed by atoms with Crippen LogP contribution in [-0.2, 0) is 6.54 Å². The molecule has 2 aromatic heterocycles. The van der Waals surface area contributed by atoms with E-state index in [1.807, 2.05) is 56.3 Å². The number of amides is 1. The summed E-state index contributed by atoms with van der Waals surface area (Å²) in [5.41, 5.74) is 5.43. The van der Waals surface area contributed by atoms with Crippen LogP contribution in [-0.4, -0.2) is 46.3 Å². The van der Waals surface area contributed by atoms with Crippen LogP contribution in [0.15, 0.2) is 67.0 Å². The molecular formula is C29H29N5O3. The van der Waals surface area contributed by atoms with Crippen molar-refractivity contribution in [2.45, 2.75) is 26.8 Å². The molecule has 8 heteroatoms. The van der Waals surface area contributed by atoms with E-state index in [0.29, 0.717) is 29.4 Å². The Morgan fingerprint density at radius 1 is 1.08 bits per heavy atom. The van der Waals surface area contributed by atoms with E-state index in [1.165, 1.54) is 0 Å². The van der Waals surface area contributed by atoms with Gasteiger partial charge in [-0.15, -0.1) is 0 Å². The first kappa shape index (κ1) is 25.5. The minimum atomic E-state index is -0.230. The van der Waals surface area contributed by atoms with E-state index in [-0.39, 0.29) is 18.9 Å². The Balaban J connectivity index is 1.86. The van der Waals surface area contributed by atoms with Crippen LogP contribution in [0.4, 0.5) is 0 Å². The van der Waals surface area contributed by atoms with Gasteiger partial charge in [0.05, 0.1) is 38.1 Å². The van der Waals surface area contributed by atoms with Crippen LogP contribution in [0.3, 0.4) is 0 Å². The van der Waals surface area contributed by atoms with Crippen molar-refractivity contribution >= 4 is 5.91 Å². The van der Waals surface area contributed by atoms with Crippen molar-refractivity contribution in [1.29, 1.82) is 5.26 Å². The van der Waals surface area contributed by atoms with Crippen LogP contribution in [0.1, 0.15) is 33.6 Å². The van der Waals surface area contributed by atoms with Gasteiger partial charge in [-0.2, -0.15) is 10.4 Å². The Hall–Kier alpha value is -4.64. The molecule has 37 heavy (non-hydrogen) atoms. The molecule has 0 atom stereocenters. The fourth-order valence-corrected chi connectivity index (χ4v) is 4.12. The number of methoxy groups -OCH3 is 2. The number of aryl methyl sites for hydroxylation is 2. The zero-order valence-corrected chi connectivity index (χ0v) is 21.4. The molecule has 0 radical (unpaired) electrons. The highest BCUT2D eigenvalue weighted by Crippen LogP contribution is 2.34. The zero-order valence-electron chi connectivity index (χ0n) is 21.4. The molecule has 8 nitrogen and oxygen atoms in total. The monoisotopic (exact) mass is 495 g/mol. The predicted molar refractivity (Wildman–Crippen MR) is 141 cm³/mol. The molecule has 188 valence electrons. The predicted octanol–water partition coefficient (Wildman–Crippen LogP) is 5.12. The number of ether oxygens (including phenoxy) is 2. The molecule has 0 N–H and O–H groups in total. The minimum absolute atomic E-state index is 0.211. The average molecular weight is 496 g/mol. The van der Waals surface area contributed by atoms with Crippen LogP contribution in [0, 0.1) is 25.2 Å². The molecule has 1 amide bonds. The SMILES string of the molecule is COc1ccc(-c2cc(C(=O)N(CCC#N)Cc3cccnc3)n(-c3cc(C)ccc3C)n2)c(OC)c1. The van der Waals surface area contributed by atoms with Gasteiger partial charge in [0.1, 0.15) is 17.2 Å². The first-order chi connectivity index (χ1) is 17.9. The van der Waals surface area contributed by atoms with E-state index >= 15 is 0 Å². The van der Waals surface area contributed by atoms with Gasteiger partial charge in [-0.25, -0.2) is 4.68 Å². The smallest absolute Gasteiger partial charge is 0.272 e. The van der Waals surface area contributed by atoms with Crippen molar-refractivity contribution in [3.05, 3.63) is 89.4 Å². The van der Waals surface area contributed by atoms with Gasteiger partial charge in [-0.1, -0.05) is 18.2 Å². The van der Waals surface area contributed by atoms with Crippen molar-refractivity contribution < 1.29 is 14.3 Å². The molecule has 0 spiro atoms. The van der Waals surface area contributed by atoms with E-state index in [4.69, 9.17) is 14.6 Å². The first-order valence-electron chi connectivity index (χ1n) is 11.9. The molecule has 0 fully saturated rings. The standard InChI is InChI=1S/C29H29N5O3/c1-20-8-9-21(2)26(15-20)34-27(17-25(32-34)24-11-10-23(36-3)16-28(24)37-4)29(35)33(14-6-12-30)19-22-7-5-13-31-18-22/h5,7-11,13,15-18H,6,14,19H2,1-4H3. The Morgan fingerprint density at radius 3 is 2.62 bits per heavy atom. The molecular weight excluding hydrogens is 466 g/mol. The number of carbonyl (C=O) groups is 1. The largest absolute Gasteiger partial charge is 0.497 e. The Morgan fingerprint density at radius 2 is 1.92 bits per heavy atom. The van der Waals surface area contributed by atoms with E-state index in [0.717, 1.165) is 27.9 Å².